The third-order valence-corrected chi connectivity index (χ3v) is 5.76. The molecule has 0 fully saturated rings. The molecule has 1 aromatic carbocycles. The minimum absolute atomic E-state index is 0.359. The fourth-order valence-corrected chi connectivity index (χ4v) is 3.42. The summed E-state index contributed by atoms with van der Waals surface area (Å²) >= 11 is 12.5. The van der Waals surface area contributed by atoms with Gasteiger partial charge in [-0.15, -0.1) is 11.6 Å². The van der Waals surface area contributed by atoms with Crippen molar-refractivity contribution in [2.45, 2.75) is 31.4 Å². The molecule has 4 nitrogen and oxygen atoms in total. The molecular formula is C14H20Cl2O4S. The largest absolute Gasteiger partial charge is 0.490 e. The monoisotopic (exact) mass is 354 g/mol. The number of hydrogen-bond acceptors (Lipinski definition) is 4. The fraction of sp³-hybridized carbons (Fsp3) is 0.571. The molecule has 0 spiro atoms. The molecule has 2 unspecified atom stereocenters. The van der Waals surface area contributed by atoms with Crippen molar-refractivity contribution in [1.82, 2.24) is 0 Å². The molecule has 0 amide bonds. The molecule has 0 saturated carbocycles. The van der Waals surface area contributed by atoms with E-state index in [1.807, 2.05) is 13.8 Å². The summed E-state index contributed by atoms with van der Waals surface area (Å²) < 4.78 is 34.3. The Kier molecular flexibility index (Phi) is 6.63. The summed E-state index contributed by atoms with van der Waals surface area (Å²) in [5.74, 6) is 1.02. The van der Waals surface area contributed by atoms with Crippen molar-refractivity contribution in [3.63, 3.8) is 0 Å². The van der Waals surface area contributed by atoms with E-state index >= 15 is 0 Å². The van der Waals surface area contributed by atoms with E-state index in [4.69, 9.17) is 32.7 Å². The van der Waals surface area contributed by atoms with Gasteiger partial charge in [-0.05, 0) is 32.4 Å². The van der Waals surface area contributed by atoms with Crippen LogP contribution in [0, 0.1) is 0 Å². The van der Waals surface area contributed by atoms with Crippen molar-refractivity contribution in [2.75, 3.05) is 19.5 Å². The second-order valence-corrected chi connectivity index (χ2v) is 7.90. The number of rotatable bonds is 7. The SMILES string of the molecule is CCOc1cc(Cl)c(C(Cl)C(C)S(C)(=O)=O)cc1OCC. The molecule has 7 heteroatoms. The summed E-state index contributed by atoms with van der Waals surface area (Å²) in [5.41, 5.74) is 0.517. The Hall–Kier alpha value is -0.650. The zero-order valence-electron chi connectivity index (χ0n) is 12.5. The van der Waals surface area contributed by atoms with Crippen LogP contribution < -0.4 is 9.47 Å². The molecule has 0 aromatic heterocycles. The lowest BCUT2D eigenvalue weighted by molar-refractivity contribution is 0.287. The van der Waals surface area contributed by atoms with Crippen LogP contribution in [0.4, 0.5) is 0 Å². The van der Waals surface area contributed by atoms with Gasteiger partial charge in [-0.3, -0.25) is 0 Å². The van der Waals surface area contributed by atoms with Gasteiger partial charge in [0.15, 0.2) is 21.3 Å². The average Bonchev–Trinajstić information content (AvgIpc) is 2.39. The number of hydrogen-bond donors (Lipinski definition) is 0. The van der Waals surface area contributed by atoms with E-state index in [2.05, 4.69) is 0 Å². The fourth-order valence-electron chi connectivity index (χ4n) is 1.77. The van der Waals surface area contributed by atoms with E-state index in [1.54, 1.807) is 19.1 Å². The molecule has 1 aromatic rings. The van der Waals surface area contributed by atoms with Gasteiger partial charge in [-0.1, -0.05) is 11.6 Å². The van der Waals surface area contributed by atoms with E-state index in [0.29, 0.717) is 35.3 Å². The zero-order chi connectivity index (χ0) is 16.2. The number of ether oxygens (including phenoxy) is 2. The van der Waals surface area contributed by atoms with Crippen LogP contribution in [-0.2, 0) is 9.84 Å². The molecule has 0 saturated heterocycles. The van der Waals surface area contributed by atoms with Crippen LogP contribution in [0.2, 0.25) is 5.02 Å². The predicted octanol–water partition coefficient (Wildman–Crippen LogP) is 3.85. The molecule has 0 aliphatic carbocycles. The Labute approximate surface area is 136 Å². The maximum absolute atomic E-state index is 11.7. The van der Waals surface area contributed by atoms with Crippen molar-refractivity contribution in [2.24, 2.45) is 0 Å². The highest BCUT2D eigenvalue weighted by atomic mass is 35.5. The summed E-state index contributed by atoms with van der Waals surface area (Å²) in [4.78, 5) is 0. The highest BCUT2D eigenvalue weighted by Gasteiger charge is 2.28. The van der Waals surface area contributed by atoms with Crippen molar-refractivity contribution >= 4 is 33.0 Å². The first kappa shape index (κ1) is 18.4. The van der Waals surface area contributed by atoms with Crippen LogP contribution in [-0.4, -0.2) is 33.1 Å². The van der Waals surface area contributed by atoms with Crippen LogP contribution in [0.3, 0.4) is 0 Å². The van der Waals surface area contributed by atoms with Crippen LogP contribution >= 0.6 is 23.2 Å². The molecule has 1 rings (SSSR count). The second-order valence-electron chi connectivity index (χ2n) is 4.62. The average molecular weight is 355 g/mol. The smallest absolute Gasteiger partial charge is 0.162 e. The second kappa shape index (κ2) is 7.56. The Balaban J connectivity index is 3.27. The standard InChI is InChI=1S/C14H20Cl2O4S/c1-5-19-12-7-10(11(15)8-13(12)20-6-2)14(16)9(3)21(4,17)18/h7-9,14H,5-6H2,1-4H3. The normalized spacial score (nSPS) is 14.6. The van der Waals surface area contributed by atoms with Gasteiger partial charge in [0.1, 0.15) is 0 Å². The Bertz CT molecular complexity index is 587. The quantitative estimate of drug-likeness (QED) is 0.697. The van der Waals surface area contributed by atoms with Gasteiger partial charge in [0.2, 0.25) is 0 Å². The molecule has 0 aliphatic heterocycles. The minimum Gasteiger partial charge on any atom is -0.490 e. The van der Waals surface area contributed by atoms with E-state index in [-0.39, 0.29) is 0 Å². The first-order chi connectivity index (χ1) is 9.72. The van der Waals surface area contributed by atoms with Gasteiger partial charge in [0.05, 0.1) is 23.8 Å². The van der Waals surface area contributed by atoms with Crippen LogP contribution in [0.15, 0.2) is 12.1 Å². The highest BCUT2D eigenvalue weighted by Crippen LogP contribution is 2.40. The Morgan fingerprint density at radius 1 is 1.14 bits per heavy atom. The Morgan fingerprint density at radius 2 is 1.62 bits per heavy atom. The molecule has 0 heterocycles. The molecule has 120 valence electrons. The number of sulfone groups is 1. The van der Waals surface area contributed by atoms with Crippen molar-refractivity contribution in [1.29, 1.82) is 0 Å². The van der Waals surface area contributed by atoms with E-state index in [9.17, 15) is 8.42 Å². The maximum Gasteiger partial charge on any atom is 0.162 e. The van der Waals surface area contributed by atoms with Gasteiger partial charge in [-0.25, -0.2) is 8.42 Å². The number of halogens is 2. The molecule has 2 atom stereocenters. The van der Waals surface area contributed by atoms with Gasteiger partial charge in [0.25, 0.3) is 0 Å². The van der Waals surface area contributed by atoms with Crippen LogP contribution in [0.5, 0.6) is 11.5 Å². The number of benzene rings is 1. The van der Waals surface area contributed by atoms with E-state index in [0.717, 1.165) is 6.26 Å². The minimum atomic E-state index is -3.28. The van der Waals surface area contributed by atoms with Gasteiger partial charge < -0.3 is 9.47 Å². The lowest BCUT2D eigenvalue weighted by Crippen LogP contribution is -2.21. The van der Waals surface area contributed by atoms with Crippen molar-refractivity contribution in [3.8, 4) is 11.5 Å². The summed E-state index contributed by atoms with van der Waals surface area (Å²) in [6.45, 7) is 6.19. The lowest BCUT2D eigenvalue weighted by atomic mass is 10.1. The molecule has 0 bridgehead atoms. The van der Waals surface area contributed by atoms with Gasteiger partial charge in [-0.2, -0.15) is 0 Å². The van der Waals surface area contributed by atoms with Crippen LogP contribution in [0.1, 0.15) is 31.7 Å². The molecular weight excluding hydrogens is 335 g/mol. The molecule has 0 N–H and O–H groups in total. The van der Waals surface area contributed by atoms with Gasteiger partial charge >= 0.3 is 0 Å². The molecule has 0 aliphatic rings. The molecule has 21 heavy (non-hydrogen) atoms. The first-order valence-electron chi connectivity index (χ1n) is 6.64. The summed E-state index contributed by atoms with van der Waals surface area (Å²) in [5, 5.41) is -1.16. The third-order valence-electron chi connectivity index (χ3n) is 3.05. The van der Waals surface area contributed by atoms with Crippen molar-refractivity contribution in [3.05, 3.63) is 22.7 Å². The van der Waals surface area contributed by atoms with Crippen LogP contribution in [0.25, 0.3) is 0 Å². The summed E-state index contributed by atoms with van der Waals surface area (Å²) in [7, 11) is -3.28. The number of alkyl halides is 1. The zero-order valence-corrected chi connectivity index (χ0v) is 14.8. The van der Waals surface area contributed by atoms with E-state index in [1.165, 1.54) is 0 Å². The van der Waals surface area contributed by atoms with E-state index < -0.39 is 20.5 Å². The Morgan fingerprint density at radius 3 is 2.05 bits per heavy atom. The summed E-state index contributed by atoms with van der Waals surface area (Å²) in [6, 6.07) is 3.26. The highest BCUT2D eigenvalue weighted by molar-refractivity contribution is 7.91. The third kappa shape index (κ3) is 4.66. The predicted molar refractivity (Wildman–Crippen MR) is 86.7 cm³/mol. The molecule has 0 radical (unpaired) electrons. The topological polar surface area (TPSA) is 52.6 Å². The lowest BCUT2D eigenvalue weighted by Gasteiger charge is -2.20. The first-order valence-corrected chi connectivity index (χ1v) is 9.41. The van der Waals surface area contributed by atoms with Gasteiger partial charge in [0, 0.05) is 17.3 Å². The van der Waals surface area contributed by atoms with Crippen molar-refractivity contribution < 1.29 is 17.9 Å². The maximum atomic E-state index is 11.7. The summed E-state index contributed by atoms with van der Waals surface area (Å²) in [6.07, 6.45) is 1.15.